The molecule has 0 atom stereocenters. The van der Waals surface area contributed by atoms with Crippen LogP contribution in [0.15, 0.2) is 29.5 Å². The Morgan fingerprint density at radius 1 is 1.28 bits per heavy atom. The fourth-order valence-electron chi connectivity index (χ4n) is 3.32. The van der Waals surface area contributed by atoms with E-state index in [1.54, 1.807) is 31.6 Å². The van der Waals surface area contributed by atoms with Crippen molar-refractivity contribution >= 4 is 11.9 Å². The Morgan fingerprint density at radius 2 is 2.00 bits per heavy atom. The molecule has 0 aromatic carbocycles. The van der Waals surface area contributed by atoms with Gasteiger partial charge in [-0.05, 0) is 36.8 Å². The molecule has 0 spiro atoms. The van der Waals surface area contributed by atoms with Crippen LogP contribution in [0.4, 0.5) is 0 Å². The number of guanidine groups is 1. The van der Waals surface area contributed by atoms with Crippen molar-refractivity contribution in [1.29, 1.82) is 0 Å². The molecule has 6 heteroatoms. The minimum atomic E-state index is -0.102. The number of nitrogens with one attached hydrogen (secondary N) is 2. The van der Waals surface area contributed by atoms with Gasteiger partial charge in [0.25, 0.3) is 5.91 Å². The van der Waals surface area contributed by atoms with Gasteiger partial charge in [0, 0.05) is 46.1 Å². The largest absolute Gasteiger partial charge is 0.354 e. The van der Waals surface area contributed by atoms with Gasteiger partial charge in [-0.3, -0.25) is 14.8 Å². The van der Waals surface area contributed by atoms with Gasteiger partial charge in [0.05, 0.1) is 5.56 Å². The normalized spacial score (nSPS) is 20.8. The Bertz CT molecular complexity index is 552. The topological polar surface area (TPSA) is 69.6 Å². The maximum Gasteiger partial charge on any atom is 0.252 e. The monoisotopic (exact) mass is 345 g/mol. The van der Waals surface area contributed by atoms with Crippen LogP contribution in [0.3, 0.4) is 0 Å². The Morgan fingerprint density at radius 3 is 2.64 bits per heavy atom. The molecular formula is C19H31N5O. The summed E-state index contributed by atoms with van der Waals surface area (Å²) in [4.78, 5) is 22.5. The number of hydrogen-bond donors (Lipinski definition) is 2. The average Bonchev–Trinajstić information content (AvgIpc) is 2.64. The number of aliphatic imine (C=N–C) groups is 1. The number of pyridine rings is 1. The molecule has 1 amide bonds. The summed E-state index contributed by atoms with van der Waals surface area (Å²) < 4.78 is 0. The van der Waals surface area contributed by atoms with Crippen LogP contribution in [0.5, 0.6) is 0 Å². The lowest BCUT2D eigenvalue weighted by Gasteiger charge is -2.31. The van der Waals surface area contributed by atoms with Crippen LogP contribution in [0.1, 0.15) is 43.0 Å². The highest BCUT2D eigenvalue weighted by atomic mass is 16.1. The molecule has 2 N–H and O–H groups in total. The predicted molar refractivity (Wildman–Crippen MR) is 102 cm³/mol. The maximum absolute atomic E-state index is 12.0. The van der Waals surface area contributed by atoms with E-state index in [-0.39, 0.29) is 5.91 Å². The van der Waals surface area contributed by atoms with E-state index in [0.717, 1.165) is 24.3 Å². The van der Waals surface area contributed by atoms with E-state index < -0.39 is 0 Å². The lowest BCUT2D eigenvalue weighted by Crippen LogP contribution is -2.44. The van der Waals surface area contributed by atoms with Gasteiger partial charge in [-0.2, -0.15) is 0 Å². The average molecular weight is 345 g/mol. The summed E-state index contributed by atoms with van der Waals surface area (Å²) in [6.45, 7) is 4.57. The van der Waals surface area contributed by atoms with E-state index in [9.17, 15) is 4.79 Å². The molecule has 1 heterocycles. The predicted octanol–water partition coefficient (Wildman–Crippen LogP) is 2.14. The van der Waals surface area contributed by atoms with Crippen molar-refractivity contribution in [2.75, 3.05) is 33.7 Å². The van der Waals surface area contributed by atoms with E-state index in [1.807, 2.05) is 0 Å². The van der Waals surface area contributed by atoms with Crippen LogP contribution in [0, 0.1) is 11.8 Å². The first-order valence-electron chi connectivity index (χ1n) is 9.20. The molecule has 1 aromatic heterocycles. The first-order chi connectivity index (χ1) is 12.1. The lowest BCUT2D eigenvalue weighted by molar-refractivity contribution is 0.0954. The molecule has 0 aliphatic heterocycles. The zero-order chi connectivity index (χ0) is 18.1. The van der Waals surface area contributed by atoms with Gasteiger partial charge in [-0.15, -0.1) is 0 Å². The summed E-state index contributed by atoms with van der Waals surface area (Å²) >= 11 is 0. The molecule has 2 rings (SSSR count). The molecule has 25 heavy (non-hydrogen) atoms. The van der Waals surface area contributed by atoms with Crippen LogP contribution >= 0.6 is 0 Å². The molecule has 1 saturated carbocycles. The van der Waals surface area contributed by atoms with E-state index >= 15 is 0 Å². The smallest absolute Gasteiger partial charge is 0.252 e. The molecule has 138 valence electrons. The zero-order valence-corrected chi connectivity index (χ0v) is 15.7. The maximum atomic E-state index is 12.0. The Labute approximate surface area is 151 Å². The molecule has 0 unspecified atom stereocenters. The van der Waals surface area contributed by atoms with E-state index in [4.69, 9.17) is 0 Å². The van der Waals surface area contributed by atoms with Gasteiger partial charge in [0.15, 0.2) is 5.96 Å². The summed E-state index contributed by atoms with van der Waals surface area (Å²) in [6.07, 6.45) is 8.52. The molecular weight excluding hydrogens is 314 g/mol. The first-order valence-corrected chi connectivity index (χ1v) is 9.20. The number of nitrogens with zero attached hydrogens (tertiary/aromatic N) is 3. The zero-order valence-electron chi connectivity index (χ0n) is 15.7. The third kappa shape index (κ3) is 6.36. The number of aromatic nitrogens is 1. The summed E-state index contributed by atoms with van der Waals surface area (Å²) in [6, 6.07) is 3.52. The summed E-state index contributed by atoms with van der Waals surface area (Å²) in [7, 11) is 3.89. The van der Waals surface area contributed by atoms with Gasteiger partial charge in [-0.25, -0.2) is 0 Å². The van der Waals surface area contributed by atoms with Crippen molar-refractivity contribution in [3.8, 4) is 0 Å². The second-order valence-electron chi connectivity index (χ2n) is 6.98. The fourth-order valence-corrected chi connectivity index (χ4v) is 3.32. The highest BCUT2D eigenvalue weighted by molar-refractivity contribution is 5.93. The standard InChI is InChI=1S/C19H31N5O/c1-15-6-8-16(9-7-15)14-24(3)19(20-2)23-12-11-22-18(25)17-5-4-10-21-13-17/h4-5,10,13,15-16H,6-9,11-12,14H2,1-3H3,(H,20,23)(H,22,25). The van der Waals surface area contributed by atoms with Crippen molar-refractivity contribution in [2.45, 2.75) is 32.6 Å². The first kappa shape index (κ1) is 19.2. The van der Waals surface area contributed by atoms with Crippen molar-refractivity contribution in [3.05, 3.63) is 30.1 Å². The molecule has 1 fully saturated rings. The highest BCUT2D eigenvalue weighted by Gasteiger charge is 2.20. The van der Waals surface area contributed by atoms with Crippen LogP contribution < -0.4 is 10.6 Å². The van der Waals surface area contributed by atoms with Crippen LogP contribution in [0.2, 0.25) is 0 Å². The number of carbonyl (C=O) groups excluding carboxylic acids is 1. The second-order valence-corrected chi connectivity index (χ2v) is 6.98. The third-order valence-corrected chi connectivity index (χ3v) is 4.86. The number of rotatable bonds is 6. The Hall–Kier alpha value is -2.11. The lowest BCUT2D eigenvalue weighted by atomic mass is 9.83. The quantitative estimate of drug-likeness (QED) is 0.471. The van der Waals surface area contributed by atoms with Gasteiger partial charge < -0.3 is 15.5 Å². The van der Waals surface area contributed by atoms with Crippen molar-refractivity contribution in [2.24, 2.45) is 16.8 Å². The van der Waals surface area contributed by atoms with Crippen LogP contribution in [-0.2, 0) is 0 Å². The molecule has 0 bridgehead atoms. The van der Waals surface area contributed by atoms with Crippen molar-refractivity contribution < 1.29 is 4.79 Å². The molecule has 1 aliphatic rings. The van der Waals surface area contributed by atoms with Crippen molar-refractivity contribution in [3.63, 3.8) is 0 Å². The SMILES string of the molecule is CN=C(NCCNC(=O)c1cccnc1)N(C)CC1CCC(C)CC1. The third-order valence-electron chi connectivity index (χ3n) is 4.86. The fraction of sp³-hybridized carbons (Fsp3) is 0.632. The molecule has 6 nitrogen and oxygen atoms in total. The summed E-state index contributed by atoms with van der Waals surface area (Å²) in [5.41, 5.74) is 0.579. The van der Waals surface area contributed by atoms with Gasteiger partial charge in [0.2, 0.25) is 0 Å². The minimum absolute atomic E-state index is 0.102. The molecule has 0 saturated heterocycles. The number of amides is 1. The van der Waals surface area contributed by atoms with Crippen LogP contribution in [-0.4, -0.2) is 55.5 Å². The van der Waals surface area contributed by atoms with Gasteiger partial charge >= 0.3 is 0 Å². The summed E-state index contributed by atoms with van der Waals surface area (Å²) in [5, 5.41) is 6.21. The van der Waals surface area contributed by atoms with E-state index in [0.29, 0.717) is 18.7 Å². The number of carbonyl (C=O) groups is 1. The second kappa shape index (κ2) is 10.0. The van der Waals surface area contributed by atoms with E-state index in [1.165, 1.54) is 25.7 Å². The van der Waals surface area contributed by atoms with Crippen molar-refractivity contribution in [1.82, 2.24) is 20.5 Å². The van der Waals surface area contributed by atoms with Gasteiger partial charge in [0.1, 0.15) is 0 Å². The van der Waals surface area contributed by atoms with Gasteiger partial charge in [-0.1, -0.05) is 19.8 Å². The van der Waals surface area contributed by atoms with Crippen LogP contribution in [0.25, 0.3) is 0 Å². The number of hydrogen-bond acceptors (Lipinski definition) is 3. The molecule has 1 aliphatic carbocycles. The Balaban J connectivity index is 1.68. The molecule has 1 aromatic rings. The molecule has 0 radical (unpaired) electrons. The summed E-state index contributed by atoms with van der Waals surface area (Å²) in [5.74, 6) is 2.41. The Kier molecular flexibility index (Phi) is 7.70. The highest BCUT2D eigenvalue weighted by Crippen LogP contribution is 2.28. The minimum Gasteiger partial charge on any atom is -0.354 e. The van der Waals surface area contributed by atoms with E-state index in [2.05, 4.69) is 39.5 Å².